The maximum Gasteiger partial charge on any atom is 0.396 e. The van der Waals surface area contributed by atoms with E-state index >= 15 is 0 Å². The topological polar surface area (TPSA) is 58.6 Å². The summed E-state index contributed by atoms with van der Waals surface area (Å²) in [7, 11) is 2.87. The van der Waals surface area contributed by atoms with Crippen LogP contribution in [0.1, 0.15) is 12.8 Å². The van der Waals surface area contributed by atoms with Crippen LogP contribution >= 0.6 is 0 Å². The maximum atomic E-state index is 11.4. The second kappa shape index (κ2) is 4.95. The Morgan fingerprint density at radius 2 is 1.93 bits per heavy atom. The monoisotopic (exact) mass is 200 g/mol. The number of likely N-dealkylation sites (N-methyl/N-ethyl adjacent to an activating group) is 1. The number of hydrogen-bond donors (Lipinski definition) is 1. The zero-order chi connectivity index (χ0) is 10.6. The summed E-state index contributed by atoms with van der Waals surface area (Å²) in [4.78, 5) is 23.8. The highest BCUT2D eigenvalue weighted by molar-refractivity contribution is 6.32. The Hall–Kier alpha value is -1.10. The molecular weight excluding hydrogens is 184 g/mol. The summed E-state index contributed by atoms with van der Waals surface area (Å²) in [6, 6.07) is 0.155. The molecule has 1 rings (SSSR count). The number of esters is 1. The standard InChI is InChI=1S/C9H16N2O3/c1-11(8(12)9(13)14-2)7-3-5-10-6-4-7/h7,10H,3-6H2,1-2H3. The Labute approximate surface area is 83.4 Å². The van der Waals surface area contributed by atoms with Crippen molar-refractivity contribution in [3.8, 4) is 0 Å². The predicted octanol–water partition coefficient (Wildman–Crippen LogP) is -0.630. The molecule has 0 saturated carbocycles. The molecule has 1 heterocycles. The number of piperidine rings is 1. The molecule has 0 aliphatic carbocycles. The van der Waals surface area contributed by atoms with E-state index < -0.39 is 11.9 Å². The van der Waals surface area contributed by atoms with Crippen LogP contribution in [0.5, 0.6) is 0 Å². The molecule has 0 unspecified atom stereocenters. The molecule has 1 amide bonds. The molecule has 1 aliphatic heterocycles. The highest BCUT2D eigenvalue weighted by Crippen LogP contribution is 2.10. The molecule has 0 spiro atoms. The normalized spacial score (nSPS) is 17.6. The molecule has 5 heteroatoms. The third-order valence-electron chi connectivity index (χ3n) is 2.54. The number of hydrogen-bond acceptors (Lipinski definition) is 4. The molecule has 0 atom stereocenters. The number of nitrogens with zero attached hydrogens (tertiary/aromatic N) is 1. The smallest absolute Gasteiger partial charge is 0.396 e. The van der Waals surface area contributed by atoms with Crippen molar-refractivity contribution < 1.29 is 14.3 Å². The van der Waals surface area contributed by atoms with Gasteiger partial charge in [0, 0.05) is 13.1 Å². The van der Waals surface area contributed by atoms with Crippen molar-refractivity contribution in [3.63, 3.8) is 0 Å². The van der Waals surface area contributed by atoms with E-state index in [1.807, 2.05) is 0 Å². The molecule has 5 nitrogen and oxygen atoms in total. The van der Waals surface area contributed by atoms with Crippen LogP contribution in [0.4, 0.5) is 0 Å². The minimum absolute atomic E-state index is 0.155. The second-order valence-corrected chi connectivity index (χ2v) is 3.39. The van der Waals surface area contributed by atoms with Crippen molar-refractivity contribution in [1.82, 2.24) is 10.2 Å². The van der Waals surface area contributed by atoms with Crippen LogP contribution in [0.3, 0.4) is 0 Å². The molecule has 0 aromatic rings. The Kier molecular flexibility index (Phi) is 3.88. The van der Waals surface area contributed by atoms with E-state index in [0.29, 0.717) is 0 Å². The van der Waals surface area contributed by atoms with Gasteiger partial charge in [0.05, 0.1) is 7.11 Å². The van der Waals surface area contributed by atoms with Crippen LogP contribution in [0.15, 0.2) is 0 Å². The predicted molar refractivity (Wildman–Crippen MR) is 50.7 cm³/mol. The first-order valence-electron chi connectivity index (χ1n) is 4.72. The lowest BCUT2D eigenvalue weighted by molar-refractivity contribution is -0.158. The molecule has 1 N–H and O–H groups in total. The number of rotatable bonds is 1. The minimum Gasteiger partial charge on any atom is -0.462 e. The lowest BCUT2D eigenvalue weighted by Gasteiger charge is -2.30. The van der Waals surface area contributed by atoms with E-state index in [9.17, 15) is 9.59 Å². The Bertz CT molecular complexity index is 224. The second-order valence-electron chi connectivity index (χ2n) is 3.39. The fraction of sp³-hybridized carbons (Fsp3) is 0.778. The first-order chi connectivity index (χ1) is 6.66. The summed E-state index contributed by atoms with van der Waals surface area (Å²) in [6.07, 6.45) is 1.78. The molecule has 0 aromatic heterocycles. The van der Waals surface area contributed by atoms with Gasteiger partial charge < -0.3 is 15.0 Å². The minimum atomic E-state index is -0.786. The molecule has 80 valence electrons. The number of ether oxygens (including phenoxy) is 1. The highest BCUT2D eigenvalue weighted by atomic mass is 16.5. The van der Waals surface area contributed by atoms with E-state index in [-0.39, 0.29) is 6.04 Å². The van der Waals surface area contributed by atoms with Gasteiger partial charge in [-0.15, -0.1) is 0 Å². The van der Waals surface area contributed by atoms with E-state index in [1.54, 1.807) is 7.05 Å². The fourth-order valence-corrected chi connectivity index (χ4v) is 1.59. The van der Waals surface area contributed by atoms with Crippen LogP contribution in [-0.4, -0.2) is 50.1 Å². The number of carbonyl (C=O) groups excluding carboxylic acids is 2. The van der Waals surface area contributed by atoms with Gasteiger partial charge in [-0.25, -0.2) is 4.79 Å². The van der Waals surface area contributed by atoms with Gasteiger partial charge in [0.25, 0.3) is 0 Å². The summed E-state index contributed by atoms with van der Waals surface area (Å²) < 4.78 is 4.38. The zero-order valence-electron chi connectivity index (χ0n) is 8.58. The zero-order valence-corrected chi connectivity index (χ0v) is 8.58. The molecule has 0 aromatic carbocycles. The quantitative estimate of drug-likeness (QED) is 0.452. The van der Waals surface area contributed by atoms with Crippen molar-refractivity contribution in [3.05, 3.63) is 0 Å². The third-order valence-corrected chi connectivity index (χ3v) is 2.54. The van der Waals surface area contributed by atoms with Gasteiger partial charge in [0.15, 0.2) is 0 Å². The number of amides is 1. The van der Waals surface area contributed by atoms with E-state index in [0.717, 1.165) is 25.9 Å². The summed E-state index contributed by atoms with van der Waals surface area (Å²) in [6.45, 7) is 1.78. The van der Waals surface area contributed by atoms with Gasteiger partial charge in [0.1, 0.15) is 0 Å². The first-order valence-corrected chi connectivity index (χ1v) is 4.72. The molecule has 1 fully saturated rings. The van der Waals surface area contributed by atoms with Gasteiger partial charge in [-0.2, -0.15) is 0 Å². The lowest BCUT2D eigenvalue weighted by Crippen LogP contribution is -2.46. The summed E-state index contributed by atoms with van der Waals surface area (Å²) in [5.41, 5.74) is 0. The lowest BCUT2D eigenvalue weighted by atomic mass is 10.1. The van der Waals surface area contributed by atoms with Gasteiger partial charge in [-0.05, 0) is 25.9 Å². The third kappa shape index (κ3) is 2.45. The number of methoxy groups -OCH3 is 1. The number of carbonyl (C=O) groups is 2. The summed E-state index contributed by atoms with van der Waals surface area (Å²) in [5.74, 6) is -1.34. The van der Waals surface area contributed by atoms with Crippen molar-refractivity contribution in [2.75, 3.05) is 27.2 Å². The van der Waals surface area contributed by atoms with Gasteiger partial charge in [0.2, 0.25) is 0 Å². The average Bonchev–Trinajstić information content (AvgIpc) is 2.27. The molecule has 1 aliphatic rings. The van der Waals surface area contributed by atoms with Crippen molar-refractivity contribution >= 4 is 11.9 Å². The van der Waals surface area contributed by atoms with Gasteiger partial charge in [-0.3, -0.25) is 4.79 Å². The van der Waals surface area contributed by atoms with Crippen LogP contribution in [0.25, 0.3) is 0 Å². The maximum absolute atomic E-state index is 11.4. The van der Waals surface area contributed by atoms with Crippen molar-refractivity contribution in [1.29, 1.82) is 0 Å². The molecule has 0 radical (unpaired) electrons. The van der Waals surface area contributed by atoms with Gasteiger partial charge >= 0.3 is 11.9 Å². The fourth-order valence-electron chi connectivity index (χ4n) is 1.59. The van der Waals surface area contributed by atoms with E-state index in [4.69, 9.17) is 0 Å². The van der Waals surface area contributed by atoms with Crippen LogP contribution < -0.4 is 5.32 Å². The first kappa shape index (κ1) is 11.0. The molecular formula is C9H16N2O3. The van der Waals surface area contributed by atoms with Crippen LogP contribution in [0.2, 0.25) is 0 Å². The summed E-state index contributed by atoms with van der Waals surface area (Å²) >= 11 is 0. The summed E-state index contributed by atoms with van der Waals surface area (Å²) in [5, 5.41) is 3.20. The van der Waals surface area contributed by atoms with E-state index in [1.165, 1.54) is 12.0 Å². The Morgan fingerprint density at radius 1 is 1.36 bits per heavy atom. The largest absolute Gasteiger partial charge is 0.462 e. The van der Waals surface area contributed by atoms with Gasteiger partial charge in [-0.1, -0.05) is 0 Å². The van der Waals surface area contributed by atoms with E-state index in [2.05, 4.69) is 10.1 Å². The van der Waals surface area contributed by atoms with Crippen LogP contribution in [0, 0.1) is 0 Å². The molecule has 0 bridgehead atoms. The van der Waals surface area contributed by atoms with Crippen molar-refractivity contribution in [2.24, 2.45) is 0 Å². The van der Waals surface area contributed by atoms with Crippen LogP contribution in [-0.2, 0) is 14.3 Å². The molecule has 1 saturated heterocycles. The Balaban J connectivity index is 2.50. The Morgan fingerprint density at radius 3 is 2.43 bits per heavy atom. The average molecular weight is 200 g/mol. The molecule has 14 heavy (non-hydrogen) atoms. The SMILES string of the molecule is COC(=O)C(=O)N(C)C1CCNCC1. The van der Waals surface area contributed by atoms with Crippen molar-refractivity contribution in [2.45, 2.75) is 18.9 Å². The number of nitrogens with one attached hydrogen (secondary N) is 1. The highest BCUT2D eigenvalue weighted by Gasteiger charge is 2.26.